The maximum Gasteiger partial charge on any atom is 0.262 e. The lowest BCUT2D eigenvalue weighted by Crippen LogP contribution is -2.33. The Morgan fingerprint density at radius 2 is 2.12 bits per heavy atom. The van der Waals surface area contributed by atoms with Crippen LogP contribution < -0.4 is 14.8 Å². The summed E-state index contributed by atoms with van der Waals surface area (Å²) >= 11 is 3.45. The molecule has 0 aliphatic heterocycles. The van der Waals surface area contributed by atoms with Crippen LogP contribution in [0.4, 0.5) is 0 Å². The molecule has 6 heteroatoms. The standard InChI is InChI=1S/C18H21BrN2O3/c1-3-24-17-10-15(19)12(9-16(17)23-2)8-13(11-20)18(22)21-14-6-4-5-7-14/h8-10,14H,3-7H2,1-2H3,(H,21,22)/b13-8-. The van der Waals surface area contributed by atoms with Gasteiger partial charge in [-0.15, -0.1) is 0 Å². The summed E-state index contributed by atoms with van der Waals surface area (Å²) in [6.07, 6.45) is 5.76. The molecule has 2 rings (SSSR count). The molecule has 0 spiro atoms. The van der Waals surface area contributed by atoms with Crippen molar-refractivity contribution in [1.82, 2.24) is 5.32 Å². The smallest absolute Gasteiger partial charge is 0.262 e. The van der Waals surface area contributed by atoms with Gasteiger partial charge < -0.3 is 14.8 Å². The Balaban J connectivity index is 2.26. The molecule has 0 radical (unpaired) electrons. The van der Waals surface area contributed by atoms with Crippen molar-refractivity contribution in [2.45, 2.75) is 38.6 Å². The van der Waals surface area contributed by atoms with Gasteiger partial charge in [0.2, 0.25) is 0 Å². The molecular formula is C18H21BrN2O3. The van der Waals surface area contributed by atoms with Crippen molar-refractivity contribution in [3.8, 4) is 17.6 Å². The van der Waals surface area contributed by atoms with E-state index in [1.165, 1.54) is 0 Å². The lowest BCUT2D eigenvalue weighted by molar-refractivity contribution is -0.117. The first-order valence-electron chi connectivity index (χ1n) is 8.02. The maximum absolute atomic E-state index is 12.3. The van der Waals surface area contributed by atoms with Crippen molar-refractivity contribution in [2.75, 3.05) is 13.7 Å². The third-order valence-corrected chi connectivity index (χ3v) is 4.62. The van der Waals surface area contributed by atoms with Crippen LogP contribution in [-0.4, -0.2) is 25.7 Å². The minimum Gasteiger partial charge on any atom is -0.493 e. The molecule has 1 saturated carbocycles. The molecule has 1 N–H and O–H groups in total. The molecule has 0 aromatic heterocycles. The Labute approximate surface area is 150 Å². The number of nitrogens with one attached hydrogen (secondary N) is 1. The van der Waals surface area contributed by atoms with Crippen LogP contribution in [0, 0.1) is 11.3 Å². The molecule has 1 aromatic rings. The van der Waals surface area contributed by atoms with Crippen LogP contribution in [0.3, 0.4) is 0 Å². The Morgan fingerprint density at radius 1 is 1.42 bits per heavy atom. The molecule has 1 aliphatic carbocycles. The Kier molecular flexibility index (Phi) is 6.68. The van der Waals surface area contributed by atoms with Crippen molar-refractivity contribution >= 4 is 27.9 Å². The van der Waals surface area contributed by atoms with Crippen LogP contribution in [0.2, 0.25) is 0 Å². The summed E-state index contributed by atoms with van der Waals surface area (Å²) in [5.41, 5.74) is 0.766. The first-order valence-corrected chi connectivity index (χ1v) is 8.81. The van der Waals surface area contributed by atoms with E-state index < -0.39 is 0 Å². The number of benzene rings is 1. The zero-order chi connectivity index (χ0) is 17.5. The van der Waals surface area contributed by atoms with Gasteiger partial charge in [0.1, 0.15) is 11.6 Å². The van der Waals surface area contributed by atoms with Crippen LogP contribution in [0.1, 0.15) is 38.2 Å². The molecule has 0 unspecified atom stereocenters. The fourth-order valence-electron chi connectivity index (χ4n) is 2.73. The van der Waals surface area contributed by atoms with Gasteiger partial charge in [-0.25, -0.2) is 0 Å². The second kappa shape index (κ2) is 8.74. The van der Waals surface area contributed by atoms with E-state index in [4.69, 9.17) is 9.47 Å². The molecule has 128 valence electrons. The molecule has 0 atom stereocenters. The number of carbonyl (C=O) groups is 1. The normalized spacial score (nSPS) is 15.0. The average Bonchev–Trinajstić information content (AvgIpc) is 3.07. The summed E-state index contributed by atoms with van der Waals surface area (Å²) in [5.74, 6) is 0.835. The quantitative estimate of drug-likeness (QED) is 0.589. The van der Waals surface area contributed by atoms with E-state index in [0.29, 0.717) is 23.7 Å². The van der Waals surface area contributed by atoms with Gasteiger partial charge in [-0.1, -0.05) is 28.8 Å². The third kappa shape index (κ3) is 4.51. The van der Waals surface area contributed by atoms with Gasteiger partial charge in [0.25, 0.3) is 5.91 Å². The number of nitrogens with zero attached hydrogens (tertiary/aromatic N) is 1. The summed E-state index contributed by atoms with van der Waals surface area (Å²) in [6, 6.07) is 5.68. The van der Waals surface area contributed by atoms with Crippen molar-refractivity contribution in [1.29, 1.82) is 5.26 Å². The van der Waals surface area contributed by atoms with Gasteiger partial charge in [-0.05, 0) is 43.5 Å². The number of methoxy groups -OCH3 is 1. The van der Waals surface area contributed by atoms with E-state index in [0.717, 1.165) is 30.2 Å². The first-order chi connectivity index (χ1) is 11.6. The van der Waals surface area contributed by atoms with Gasteiger partial charge in [0, 0.05) is 10.5 Å². The van der Waals surface area contributed by atoms with E-state index in [9.17, 15) is 10.1 Å². The first kappa shape index (κ1) is 18.3. The highest BCUT2D eigenvalue weighted by molar-refractivity contribution is 9.10. The monoisotopic (exact) mass is 392 g/mol. The van der Waals surface area contributed by atoms with E-state index in [1.807, 2.05) is 13.0 Å². The Hall–Kier alpha value is -2.00. The van der Waals surface area contributed by atoms with Gasteiger partial charge in [0.15, 0.2) is 11.5 Å². The number of halogens is 1. The zero-order valence-electron chi connectivity index (χ0n) is 13.9. The lowest BCUT2D eigenvalue weighted by atomic mass is 10.1. The molecule has 0 saturated heterocycles. The largest absolute Gasteiger partial charge is 0.493 e. The molecule has 1 fully saturated rings. The van der Waals surface area contributed by atoms with E-state index in [1.54, 1.807) is 25.3 Å². The lowest BCUT2D eigenvalue weighted by Gasteiger charge is -2.13. The predicted octanol–water partition coefficient (Wildman–Crippen LogP) is 3.82. The molecular weight excluding hydrogens is 372 g/mol. The molecule has 1 aliphatic rings. The highest BCUT2D eigenvalue weighted by Gasteiger charge is 2.19. The zero-order valence-corrected chi connectivity index (χ0v) is 15.5. The van der Waals surface area contributed by atoms with Crippen molar-refractivity contribution in [2.24, 2.45) is 0 Å². The summed E-state index contributed by atoms with van der Waals surface area (Å²) in [4.78, 5) is 12.3. The fourth-order valence-corrected chi connectivity index (χ4v) is 3.16. The molecule has 5 nitrogen and oxygen atoms in total. The number of rotatable bonds is 6. The summed E-state index contributed by atoms with van der Waals surface area (Å²) in [5, 5.41) is 12.3. The Morgan fingerprint density at radius 3 is 2.71 bits per heavy atom. The SMILES string of the molecule is CCOc1cc(Br)c(/C=C(/C#N)C(=O)NC2CCCC2)cc1OC. The third-order valence-electron chi connectivity index (χ3n) is 3.94. The van der Waals surface area contributed by atoms with Crippen LogP contribution >= 0.6 is 15.9 Å². The van der Waals surface area contributed by atoms with Crippen molar-refractivity contribution in [3.05, 3.63) is 27.7 Å². The topological polar surface area (TPSA) is 71.3 Å². The highest BCUT2D eigenvalue weighted by Crippen LogP contribution is 2.34. The molecule has 1 aromatic carbocycles. The highest BCUT2D eigenvalue weighted by atomic mass is 79.9. The second-order valence-electron chi connectivity index (χ2n) is 5.58. The summed E-state index contributed by atoms with van der Waals surface area (Å²) < 4.78 is 11.6. The maximum atomic E-state index is 12.3. The fraction of sp³-hybridized carbons (Fsp3) is 0.444. The Bertz CT molecular complexity index is 674. The van der Waals surface area contributed by atoms with Gasteiger partial charge in [-0.3, -0.25) is 4.79 Å². The van der Waals surface area contributed by atoms with Crippen LogP contribution in [-0.2, 0) is 4.79 Å². The molecule has 0 bridgehead atoms. The minimum absolute atomic E-state index is 0.0776. The number of carbonyl (C=O) groups excluding carboxylic acids is 1. The van der Waals surface area contributed by atoms with Gasteiger partial charge in [0.05, 0.1) is 13.7 Å². The summed E-state index contributed by atoms with van der Waals surface area (Å²) in [7, 11) is 1.55. The van der Waals surface area contributed by atoms with Crippen LogP contribution in [0.25, 0.3) is 6.08 Å². The number of nitriles is 1. The average molecular weight is 393 g/mol. The number of hydrogen-bond acceptors (Lipinski definition) is 4. The predicted molar refractivity (Wildman–Crippen MR) is 95.9 cm³/mol. The van der Waals surface area contributed by atoms with E-state index in [-0.39, 0.29) is 17.5 Å². The molecule has 1 amide bonds. The molecule has 24 heavy (non-hydrogen) atoms. The van der Waals surface area contributed by atoms with Crippen LogP contribution in [0.15, 0.2) is 22.2 Å². The van der Waals surface area contributed by atoms with Crippen molar-refractivity contribution in [3.63, 3.8) is 0 Å². The number of hydrogen-bond donors (Lipinski definition) is 1. The molecule has 0 heterocycles. The summed E-state index contributed by atoms with van der Waals surface area (Å²) in [6.45, 7) is 2.41. The van der Waals surface area contributed by atoms with E-state index >= 15 is 0 Å². The van der Waals surface area contributed by atoms with Gasteiger partial charge in [-0.2, -0.15) is 5.26 Å². The van der Waals surface area contributed by atoms with E-state index in [2.05, 4.69) is 21.2 Å². The number of ether oxygens (including phenoxy) is 2. The van der Waals surface area contributed by atoms with Crippen LogP contribution in [0.5, 0.6) is 11.5 Å². The minimum atomic E-state index is -0.329. The van der Waals surface area contributed by atoms with Crippen molar-refractivity contribution < 1.29 is 14.3 Å². The number of amides is 1. The van der Waals surface area contributed by atoms with Gasteiger partial charge >= 0.3 is 0 Å². The second-order valence-corrected chi connectivity index (χ2v) is 6.44.